The molecule has 25 heavy (non-hydrogen) atoms. The molecule has 1 heterocycles. The molecule has 1 atom stereocenters. The van der Waals surface area contributed by atoms with Gasteiger partial charge in [0.05, 0.1) is 18.1 Å². The lowest BCUT2D eigenvalue weighted by Crippen LogP contribution is -2.49. The number of likely N-dealkylation sites (tertiary alicyclic amines) is 1. The Morgan fingerprint density at radius 3 is 2.84 bits per heavy atom. The Balaban J connectivity index is 1.64. The molecule has 1 unspecified atom stereocenters. The first kappa shape index (κ1) is 18.2. The number of nitrogens with zero attached hydrogens (tertiary/aromatic N) is 1. The van der Waals surface area contributed by atoms with Gasteiger partial charge < -0.3 is 15.2 Å². The van der Waals surface area contributed by atoms with Gasteiger partial charge in [-0.3, -0.25) is 9.69 Å². The highest BCUT2D eigenvalue weighted by atomic mass is 16.5. The number of aliphatic hydroxyl groups is 1. The molecule has 1 amide bonds. The van der Waals surface area contributed by atoms with Crippen molar-refractivity contribution in [3.8, 4) is 5.75 Å². The second kappa shape index (κ2) is 8.19. The number of piperidine rings is 1. The van der Waals surface area contributed by atoms with Gasteiger partial charge in [0.25, 0.3) is 0 Å². The van der Waals surface area contributed by atoms with Crippen LogP contribution >= 0.6 is 0 Å². The van der Waals surface area contributed by atoms with Gasteiger partial charge >= 0.3 is 0 Å². The molecule has 2 N–H and O–H groups in total. The topological polar surface area (TPSA) is 61.8 Å². The summed E-state index contributed by atoms with van der Waals surface area (Å²) in [6, 6.07) is 8.22. The van der Waals surface area contributed by atoms with Crippen LogP contribution in [0.3, 0.4) is 0 Å². The number of carbonyl (C=O) groups is 1. The largest absolute Gasteiger partial charge is 0.490 e. The number of nitrogens with one attached hydrogen (secondary N) is 1. The molecule has 3 rings (SSSR count). The number of β-amino-alcohol motifs (C(OH)–C–C–N with tert-alkyl or cyclic N) is 1. The molecule has 1 aromatic carbocycles. The van der Waals surface area contributed by atoms with Crippen molar-refractivity contribution in [2.75, 3.05) is 20.1 Å². The maximum atomic E-state index is 11.7. The van der Waals surface area contributed by atoms with E-state index in [1.165, 1.54) is 18.4 Å². The molecular formula is C20H30N2O3. The van der Waals surface area contributed by atoms with E-state index in [9.17, 15) is 9.90 Å². The van der Waals surface area contributed by atoms with Crippen LogP contribution in [0.1, 0.15) is 50.5 Å². The lowest BCUT2D eigenvalue weighted by molar-refractivity contribution is -0.128. The number of para-hydroxylation sites is 1. The fourth-order valence-electron chi connectivity index (χ4n) is 4.05. The summed E-state index contributed by atoms with van der Waals surface area (Å²) in [5, 5.41) is 13.4. The van der Waals surface area contributed by atoms with E-state index in [0.717, 1.165) is 38.1 Å². The Kier molecular flexibility index (Phi) is 5.97. The Bertz CT molecular complexity index is 586. The number of hydrogen-bond acceptors (Lipinski definition) is 4. The molecular weight excluding hydrogens is 316 g/mol. The summed E-state index contributed by atoms with van der Waals surface area (Å²) in [4.78, 5) is 13.9. The number of carbonyl (C=O) groups excluding carboxylic acids is 1. The van der Waals surface area contributed by atoms with Gasteiger partial charge in [-0.1, -0.05) is 18.2 Å². The van der Waals surface area contributed by atoms with Gasteiger partial charge in [-0.25, -0.2) is 0 Å². The molecule has 1 saturated heterocycles. The lowest BCUT2D eigenvalue weighted by Gasteiger charge is -2.39. The number of rotatable bonds is 6. The van der Waals surface area contributed by atoms with Crippen LogP contribution in [-0.4, -0.2) is 47.8 Å². The van der Waals surface area contributed by atoms with E-state index < -0.39 is 5.60 Å². The molecule has 2 fully saturated rings. The molecule has 5 nitrogen and oxygen atoms in total. The summed E-state index contributed by atoms with van der Waals surface area (Å²) in [7, 11) is 1.61. The summed E-state index contributed by atoms with van der Waals surface area (Å²) < 4.78 is 6.23. The minimum atomic E-state index is -0.931. The maximum Gasteiger partial charge on any atom is 0.222 e. The lowest BCUT2D eigenvalue weighted by atomic mass is 9.89. The predicted molar refractivity (Wildman–Crippen MR) is 97.5 cm³/mol. The van der Waals surface area contributed by atoms with Crippen LogP contribution in [0.25, 0.3) is 0 Å². The van der Waals surface area contributed by atoms with Crippen LogP contribution < -0.4 is 10.1 Å². The molecule has 1 aliphatic heterocycles. The van der Waals surface area contributed by atoms with E-state index in [1.54, 1.807) is 7.05 Å². The second-order valence-electron chi connectivity index (χ2n) is 7.52. The highest BCUT2D eigenvalue weighted by Crippen LogP contribution is 2.30. The smallest absolute Gasteiger partial charge is 0.222 e. The van der Waals surface area contributed by atoms with Crippen molar-refractivity contribution in [2.24, 2.45) is 0 Å². The van der Waals surface area contributed by atoms with E-state index in [1.807, 2.05) is 18.2 Å². The molecule has 5 heteroatoms. The van der Waals surface area contributed by atoms with Gasteiger partial charge in [0, 0.05) is 25.7 Å². The first-order valence-electron chi connectivity index (χ1n) is 9.48. The normalized spacial score (nSPS) is 25.0. The van der Waals surface area contributed by atoms with E-state index in [2.05, 4.69) is 16.3 Å². The third-order valence-corrected chi connectivity index (χ3v) is 5.37. The highest BCUT2D eigenvalue weighted by molar-refractivity contribution is 5.76. The fourth-order valence-corrected chi connectivity index (χ4v) is 4.05. The maximum absolute atomic E-state index is 11.7. The minimum absolute atomic E-state index is 0.102. The molecule has 2 aliphatic rings. The van der Waals surface area contributed by atoms with Crippen molar-refractivity contribution in [1.29, 1.82) is 0 Å². The van der Waals surface area contributed by atoms with E-state index in [0.29, 0.717) is 19.1 Å². The van der Waals surface area contributed by atoms with E-state index >= 15 is 0 Å². The molecule has 0 bridgehead atoms. The van der Waals surface area contributed by atoms with Gasteiger partial charge in [-0.15, -0.1) is 0 Å². The van der Waals surface area contributed by atoms with Gasteiger partial charge in [0.2, 0.25) is 5.91 Å². The average molecular weight is 346 g/mol. The summed E-state index contributed by atoms with van der Waals surface area (Å²) in [6.07, 6.45) is 6.88. The van der Waals surface area contributed by atoms with Crippen molar-refractivity contribution >= 4 is 5.91 Å². The first-order chi connectivity index (χ1) is 12.1. The molecule has 1 aliphatic carbocycles. The van der Waals surface area contributed by atoms with Crippen molar-refractivity contribution in [2.45, 2.75) is 63.2 Å². The third-order valence-electron chi connectivity index (χ3n) is 5.37. The zero-order valence-corrected chi connectivity index (χ0v) is 15.2. The van der Waals surface area contributed by atoms with Crippen LogP contribution in [0.4, 0.5) is 0 Å². The molecule has 0 aromatic heterocycles. The van der Waals surface area contributed by atoms with Gasteiger partial charge in [0.1, 0.15) is 5.75 Å². The number of amides is 1. The van der Waals surface area contributed by atoms with Crippen molar-refractivity contribution < 1.29 is 14.6 Å². The van der Waals surface area contributed by atoms with Crippen molar-refractivity contribution in [3.63, 3.8) is 0 Å². The Morgan fingerprint density at radius 1 is 1.32 bits per heavy atom. The van der Waals surface area contributed by atoms with Gasteiger partial charge in [-0.05, 0) is 51.1 Å². The third kappa shape index (κ3) is 4.95. The van der Waals surface area contributed by atoms with Crippen LogP contribution in [0.5, 0.6) is 5.75 Å². The van der Waals surface area contributed by atoms with Crippen LogP contribution in [0.15, 0.2) is 24.3 Å². The second-order valence-corrected chi connectivity index (χ2v) is 7.52. The zero-order chi connectivity index (χ0) is 17.7. The summed E-state index contributed by atoms with van der Waals surface area (Å²) in [6.45, 7) is 2.21. The number of benzene rings is 1. The zero-order valence-electron chi connectivity index (χ0n) is 15.2. The fraction of sp³-hybridized carbons (Fsp3) is 0.650. The Morgan fingerprint density at radius 2 is 2.08 bits per heavy atom. The van der Waals surface area contributed by atoms with Crippen LogP contribution in [0.2, 0.25) is 0 Å². The van der Waals surface area contributed by atoms with E-state index in [-0.39, 0.29) is 12.3 Å². The molecule has 138 valence electrons. The molecule has 1 saturated carbocycles. The summed E-state index contributed by atoms with van der Waals surface area (Å²) in [5.41, 5.74) is 0.234. The number of ether oxygens (including phenoxy) is 1. The quantitative estimate of drug-likeness (QED) is 0.831. The first-order valence-corrected chi connectivity index (χ1v) is 9.48. The molecule has 0 radical (unpaired) electrons. The predicted octanol–water partition coefficient (Wildman–Crippen LogP) is 2.47. The van der Waals surface area contributed by atoms with E-state index in [4.69, 9.17) is 4.74 Å². The van der Waals surface area contributed by atoms with Gasteiger partial charge in [0.15, 0.2) is 0 Å². The Hall–Kier alpha value is -1.59. The monoisotopic (exact) mass is 346 g/mol. The van der Waals surface area contributed by atoms with Crippen molar-refractivity contribution in [1.82, 2.24) is 10.2 Å². The molecule has 0 spiro atoms. The van der Waals surface area contributed by atoms with Crippen LogP contribution in [0, 0.1) is 0 Å². The average Bonchev–Trinajstić information content (AvgIpc) is 3.09. The highest BCUT2D eigenvalue weighted by Gasteiger charge is 2.35. The van der Waals surface area contributed by atoms with Crippen molar-refractivity contribution in [3.05, 3.63) is 29.8 Å². The SMILES string of the molecule is CNC(=O)CC1(O)CCCN(Cc2ccccc2OC2CCCC2)C1. The summed E-state index contributed by atoms with van der Waals surface area (Å²) in [5.74, 6) is 0.865. The van der Waals surface area contributed by atoms with Gasteiger partial charge in [-0.2, -0.15) is 0 Å². The minimum Gasteiger partial charge on any atom is -0.490 e. The van der Waals surface area contributed by atoms with Crippen LogP contribution in [-0.2, 0) is 11.3 Å². The standard InChI is InChI=1S/C20H30N2O3/c1-21-19(23)13-20(24)11-6-12-22(15-20)14-16-7-2-5-10-18(16)25-17-8-3-4-9-17/h2,5,7,10,17,24H,3-4,6,8-9,11-15H2,1H3,(H,21,23). The Labute approximate surface area is 150 Å². The molecule has 1 aromatic rings. The summed E-state index contributed by atoms with van der Waals surface area (Å²) >= 11 is 0. The number of hydrogen-bond donors (Lipinski definition) is 2.